The zero-order valence-electron chi connectivity index (χ0n) is 16.4. The third kappa shape index (κ3) is 2.61. The average Bonchev–Trinajstić information content (AvgIpc) is 3.05. The van der Waals surface area contributed by atoms with E-state index in [1.54, 1.807) is 31.2 Å². The van der Waals surface area contributed by atoms with Gasteiger partial charge in [0.1, 0.15) is 5.82 Å². The van der Waals surface area contributed by atoms with Crippen LogP contribution in [0.25, 0.3) is 5.70 Å². The van der Waals surface area contributed by atoms with E-state index in [0.29, 0.717) is 40.3 Å². The number of carboxylic acid groups (broad SMARTS) is 1. The summed E-state index contributed by atoms with van der Waals surface area (Å²) in [6.07, 6.45) is 0. The van der Waals surface area contributed by atoms with Gasteiger partial charge in [0.2, 0.25) is 0 Å². The molecule has 31 heavy (non-hydrogen) atoms. The third-order valence-electron chi connectivity index (χ3n) is 5.82. The summed E-state index contributed by atoms with van der Waals surface area (Å²) in [4.78, 5) is 52.4. The summed E-state index contributed by atoms with van der Waals surface area (Å²) in [7, 11) is 0. The first-order valence-corrected chi connectivity index (χ1v) is 9.78. The summed E-state index contributed by atoms with van der Waals surface area (Å²) >= 11 is 0. The van der Waals surface area contributed by atoms with Crippen LogP contribution in [0.1, 0.15) is 50.2 Å². The van der Waals surface area contributed by atoms with E-state index in [0.717, 1.165) is 0 Å². The number of allylic oxidation sites excluding steroid dienone is 1. The highest BCUT2D eigenvalue weighted by Crippen LogP contribution is 2.47. The number of anilines is 1. The first-order chi connectivity index (χ1) is 14.9. The standard InChI is InChI=1S/C23H17N3O5/c1-2-26-20-17(21(28)25-23(26)31)15(11-7-9-12(10-8-11)22(29)30)16-18(24-20)13-5-3-4-6-14(13)19(16)27/h3-10,15,24H,2H2,1H3,(H,29,30)(H,25,28,31)/t15-/m1/s1. The average molecular weight is 415 g/mol. The van der Waals surface area contributed by atoms with Gasteiger partial charge in [0.25, 0.3) is 5.56 Å². The molecule has 2 heterocycles. The predicted octanol–water partition coefficient (Wildman–Crippen LogP) is 2.42. The van der Waals surface area contributed by atoms with E-state index in [2.05, 4.69) is 10.3 Å². The van der Waals surface area contributed by atoms with Crippen molar-refractivity contribution in [3.05, 3.63) is 103 Å². The van der Waals surface area contributed by atoms with Crippen molar-refractivity contribution < 1.29 is 14.7 Å². The lowest BCUT2D eigenvalue weighted by molar-refractivity contribution is 0.0696. The first kappa shape index (κ1) is 18.8. The highest BCUT2D eigenvalue weighted by molar-refractivity contribution is 6.23. The van der Waals surface area contributed by atoms with Gasteiger partial charge in [-0.15, -0.1) is 0 Å². The van der Waals surface area contributed by atoms with Crippen molar-refractivity contribution >= 4 is 23.3 Å². The van der Waals surface area contributed by atoms with Crippen molar-refractivity contribution in [3.63, 3.8) is 0 Å². The number of aromatic carboxylic acids is 1. The number of nitrogens with zero attached hydrogens (tertiary/aromatic N) is 1. The van der Waals surface area contributed by atoms with E-state index in [9.17, 15) is 24.3 Å². The van der Waals surface area contributed by atoms with E-state index in [1.165, 1.54) is 16.7 Å². The zero-order chi connectivity index (χ0) is 21.9. The molecule has 3 aromatic rings. The Bertz CT molecular complexity index is 1430. The van der Waals surface area contributed by atoms with Crippen LogP contribution in [0.3, 0.4) is 0 Å². The molecule has 1 aliphatic carbocycles. The minimum Gasteiger partial charge on any atom is -0.478 e. The largest absolute Gasteiger partial charge is 0.478 e. The lowest BCUT2D eigenvalue weighted by atomic mass is 9.81. The molecule has 0 saturated carbocycles. The van der Waals surface area contributed by atoms with Crippen molar-refractivity contribution in [2.75, 3.05) is 5.32 Å². The lowest BCUT2D eigenvalue weighted by Crippen LogP contribution is -2.38. The number of aromatic nitrogens is 2. The number of benzene rings is 2. The Morgan fingerprint density at radius 1 is 1.03 bits per heavy atom. The number of aromatic amines is 1. The Hall–Kier alpha value is -4.20. The number of Topliss-reactive ketones (excluding diaryl/α,β-unsaturated/α-hetero) is 1. The van der Waals surface area contributed by atoms with Gasteiger partial charge in [-0.3, -0.25) is 19.1 Å². The monoisotopic (exact) mass is 415 g/mol. The van der Waals surface area contributed by atoms with Gasteiger partial charge in [0.15, 0.2) is 5.78 Å². The Kier molecular flexibility index (Phi) is 4.04. The minimum absolute atomic E-state index is 0.0978. The van der Waals surface area contributed by atoms with Gasteiger partial charge < -0.3 is 10.4 Å². The van der Waals surface area contributed by atoms with Gasteiger partial charge >= 0.3 is 11.7 Å². The smallest absolute Gasteiger partial charge is 0.335 e. The molecule has 0 spiro atoms. The number of hydrogen-bond donors (Lipinski definition) is 3. The summed E-state index contributed by atoms with van der Waals surface area (Å²) in [6, 6.07) is 13.2. The van der Waals surface area contributed by atoms with Crippen molar-refractivity contribution in [3.8, 4) is 0 Å². The quantitative estimate of drug-likeness (QED) is 0.604. The molecule has 0 unspecified atom stereocenters. The molecule has 1 aliphatic heterocycles. The van der Waals surface area contributed by atoms with Gasteiger partial charge in [0, 0.05) is 29.2 Å². The maximum absolute atomic E-state index is 13.4. The summed E-state index contributed by atoms with van der Waals surface area (Å²) in [5.74, 6) is -1.69. The highest BCUT2D eigenvalue weighted by Gasteiger charge is 2.42. The number of carbonyl (C=O) groups is 2. The van der Waals surface area contributed by atoms with E-state index in [-0.39, 0.29) is 16.9 Å². The maximum Gasteiger partial charge on any atom is 0.335 e. The number of nitrogens with one attached hydrogen (secondary N) is 2. The van der Waals surface area contributed by atoms with Crippen LogP contribution in [0, 0.1) is 0 Å². The van der Waals surface area contributed by atoms with Crippen LogP contribution < -0.4 is 16.6 Å². The number of carboxylic acids is 1. The molecule has 0 amide bonds. The number of carbonyl (C=O) groups excluding carboxylic acids is 1. The second-order valence-corrected chi connectivity index (χ2v) is 7.41. The first-order valence-electron chi connectivity index (χ1n) is 9.78. The molecule has 0 radical (unpaired) electrons. The van der Waals surface area contributed by atoms with Crippen LogP contribution >= 0.6 is 0 Å². The number of fused-ring (bicyclic) bond motifs is 3. The third-order valence-corrected chi connectivity index (χ3v) is 5.82. The second-order valence-electron chi connectivity index (χ2n) is 7.41. The minimum atomic E-state index is -1.07. The molecule has 8 heteroatoms. The molecule has 0 saturated heterocycles. The summed E-state index contributed by atoms with van der Waals surface area (Å²) in [5.41, 5.74) is 2.01. The molecule has 8 nitrogen and oxygen atoms in total. The summed E-state index contributed by atoms with van der Waals surface area (Å²) in [6.45, 7) is 2.10. The highest BCUT2D eigenvalue weighted by atomic mass is 16.4. The Morgan fingerprint density at radius 2 is 1.71 bits per heavy atom. The van der Waals surface area contributed by atoms with Crippen LogP contribution in [0.4, 0.5) is 5.82 Å². The Balaban J connectivity index is 1.83. The number of rotatable bonds is 3. The van der Waals surface area contributed by atoms with Crippen LogP contribution in [0.2, 0.25) is 0 Å². The zero-order valence-corrected chi connectivity index (χ0v) is 16.4. The van der Waals surface area contributed by atoms with Crippen molar-refractivity contribution in [2.24, 2.45) is 0 Å². The van der Waals surface area contributed by atoms with E-state index in [1.807, 2.05) is 12.1 Å². The molecule has 3 N–H and O–H groups in total. The number of H-pyrrole nitrogens is 1. The predicted molar refractivity (Wildman–Crippen MR) is 114 cm³/mol. The molecule has 1 atom stereocenters. The molecular weight excluding hydrogens is 398 g/mol. The Morgan fingerprint density at radius 3 is 2.35 bits per heavy atom. The normalized spacial score (nSPS) is 16.4. The molecule has 0 fully saturated rings. The van der Waals surface area contributed by atoms with Crippen molar-refractivity contribution in [2.45, 2.75) is 19.4 Å². The lowest BCUT2D eigenvalue weighted by Gasteiger charge is -2.29. The molecule has 1 aromatic heterocycles. The van der Waals surface area contributed by atoms with Crippen LogP contribution in [-0.2, 0) is 6.54 Å². The SMILES string of the molecule is CCn1c2c(c(=O)[nH]c1=O)[C@H](c1ccc(C(=O)O)cc1)C1=C(N2)c2ccccc2C1=O. The van der Waals surface area contributed by atoms with E-state index >= 15 is 0 Å². The number of hydrogen-bond acceptors (Lipinski definition) is 5. The van der Waals surface area contributed by atoms with E-state index < -0.39 is 23.1 Å². The molecule has 2 aromatic carbocycles. The van der Waals surface area contributed by atoms with Gasteiger partial charge in [0.05, 0.1) is 16.8 Å². The van der Waals surface area contributed by atoms with Gasteiger partial charge in [-0.2, -0.15) is 0 Å². The Labute approximate surface area is 175 Å². The topological polar surface area (TPSA) is 121 Å². The van der Waals surface area contributed by atoms with E-state index in [4.69, 9.17) is 0 Å². The maximum atomic E-state index is 13.4. The molecule has 154 valence electrons. The van der Waals surface area contributed by atoms with Crippen LogP contribution in [0.15, 0.2) is 63.7 Å². The summed E-state index contributed by atoms with van der Waals surface area (Å²) in [5, 5.41) is 12.4. The van der Waals surface area contributed by atoms with Crippen LogP contribution in [-0.4, -0.2) is 26.4 Å². The molecule has 5 rings (SSSR count). The molecule has 0 bridgehead atoms. The second kappa shape index (κ2) is 6.66. The fourth-order valence-electron chi connectivity index (χ4n) is 4.42. The molecular formula is C23H17N3O5. The number of ketones is 1. The fourth-order valence-corrected chi connectivity index (χ4v) is 4.42. The van der Waals surface area contributed by atoms with Crippen molar-refractivity contribution in [1.82, 2.24) is 9.55 Å². The fraction of sp³-hybridized carbons (Fsp3) is 0.130. The summed E-state index contributed by atoms with van der Waals surface area (Å²) < 4.78 is 1.42. The van der Waals surface area contributed by atoms with Gasteiger partial charge in [-0.25, -0.2) is 9.59 Å². The van der Waals surface area contributed by atoms with Gasteiger partial charge in [-0.1, -0.05) is 36.4 Å². The van der Waals surface area contributed by atoms with Gasteiger partial charge in [-0.05, 0) is 24.6 Å². The van der Waals surface area contributed by atoms with Crippen LogP contribution in [0.5, 0.6) is 0 Å². The van der Waals surface area contributed by atoms with Crippen molar-refractivity contribution in [1.29, 1.82) is 0 Å². The molecule has 2 aliphatic rings.